The van der Waals surface area contributed by atoms with E-state index in [0.717, 1.165) is 11.3 Å². The third kappa shape index (κ3) is 7.37. The molecule has 2 N–H and O–H groups in total. The van der Waals surface area contributed by atoms with Crippen LogP contribution >= 0.6 is 0 Å². The zero-order chi connectivity index (χ0) is 24.5. The molecule has 0 saturated heterocycles. The standard InChI is InChI=1S/C26H28FN3O4/c1-17(2)23(28-21-12-8-19(9-13-21)24(31)4-3-5-26(32)33)16-34-25-15-14-22(29-30-25)18-6-10-20(27)11-7-18/h6-15,17,23,28H,3-5,16H2,1-2H3,(H,32,33)/t23-/m1/s1. The molecule has 1 atom stereocenters. The molecule has 0 unspecified atom stereocenters. The number of aromatic nitrogens is 2. The van der Waals surface area contributed by atoms with Crippen molar-refractivity contribution >= 4 is 17.4 Å². The van der Waals surface area contributed by atoms with E-state index in [0.29, 0.717) is 30.2 Å². The van der Waals surface area contributed by atoms with E-state index in [1.165, 1.54) is 12.1 Å². The molecule has 8 heteroatoms. The van der Waals surface area contributed by atoms with Gasteiger partial charge in [-0.05, 0) is 66.9 Å². The van der Waals surface area contributed by atoms with Crippen molar-refractivity contribution in [3.05, 3.63) is 72.0 Å². The molecule has 178 valence electrons. The van der Waals surface area contributed by atoms with Crippen molar-refractivity contribution in [1.29, 1.82) is 0 Å². The Morgan fingerprint density at radius 2 is 1.68 bits per heavy atom. The minimum atomic E-state index is -0.899. The summed E-state index contributed by atoms with van der Waals surface area (Å²) in [6.45, 7) is 4.51. The fourth-order valence-electron chi connectivity index (χ4n) is 3.26. The summed E-state index contributed by atoms with van der Waals surface area (Å²) in [6.07, 6.45) is 0.526. The van der Waals surface area contributed by atoms with Crippen LogP contribution < -0.4 is 10.1 Å². The number of carbonyl (C=O) groups is 2. The summed E-state index contributed by atoms with van der Waals surface area (Å²) in [7, 11) is 0. The molecular formula is C26H28FN3O4. The van der Waals surface area contributed by atoms with Crippen molar-refractivity contribution in [2.75, 3.05) is 11.9 Å². The number of nitrogens with zero attached hydrogens (tertiary/aromatic N) is 2. The van der Waals surface area contributed by atoms with Gasteiger partial charge in [-0.15, -0.1) is 10.2 Å². The molecule has 0 saturated carbocycles. The van der Waals surface area contributed by atoms with Crippen LogP contribution in [0.5, 0.6) is 5.88 Å². The van der Waals surface area contributed by atoms with Gasteiger partial charge in [0, 0.05) is 35.7 Å². The maximum absolute atomic E-state index is 13.1. The molecule has 0 aliphatic rings. The molecule has 3 rings (SSSR count). The number of benzene rings is 2. The van der Waals surface area contributed by atoms with Crippen molar-refractivity contribution < 1.29 is 23.8 Å². The first kappa shape index (κ1) is 24.8. The Morgan fingerprint density at radius 3 is 2.26 bits per heavy atom. The van der Waals surface area contributed by atoms with Gasteiger partial charge in [0.1, 0.15) is 12.4 Å². The Hall–Kier alpha value is -3.81. The summed E-state index contributed by atoms with van der Waals surface area (Å²) in [6, 6.07) is 16.7. The van der Waals surface area contributed by atoms with Crippen LogP contribution in [0.15, 0.2) is 60.7 Å². The first-order valence-corrected chi connectivity index (χ1v) is 11.2. The van der Waals surface area contributed by atoms with Gasteiger partial charge >= 0.3 is 5.97 Å². The Bertz CT molecular complexity index is 1080. The van der Waals surface area contributed by atoms with E-state index in [1.807, 2.05) is 12.1 Å². The number of ether oxygens (including phenoxy) is 1. The van der Waals surface area contributed by atoms with Gasteiger partial charge in [0.15, 0.2) is 5.78 Å². The Labute approximate surface area is 198 Å². The zero-order valence-corrected chi connectivity index (χ0v) is 19.2. The highest BCUT2D eigenvalue weighted by molar-refractivity contribution is 5.96. The first-order chi connectivity index (χ1) is 16.3. The molecule has 0 bridgehead atoms. The SMILES string of the molecule is CC(C)[C@@H](COc1ccc(-c2ccc(F)cc2)nn1)Nc1ccc(C(=O)CCCC(=O)O)cc1. The van der Waals surface area contributed by atoms with Crippen LogP contribution in [0.1, 0.15) is 43.5 Å². The van der Waals surface area contributed by atoms with Crippen LogP contribution in [0.3, 0.4) is 0 Å². The number of carbonyl (C=O) groups excluding carboxylic acids is 1. The summed E-state index contributed by atoms with van der Waals surface area (Å²) < 4.78 is 18.9. The lowest BCUT2D eigenvalue weighted by Crippen LogP contribution is -2.32. The topological polar surface area (TPSA) is 101 Å². The number of hydrogen-bond donors (Lipinski definition) is 2. The zero-order valence-electron chi connectivity index (χ0n) is 19.2. The van der Waals surface area contributed by atoms with Gasteiger partial charge in [-0.2, -0.15) is 0 Å². The molecule has 1 aromatic heterocycles. The number of rotatable bonds is 12. The van der Waals surface area contributed by atoms with E-state index in [9.17, 15) is 14.0 Å². The summed E-state index contributed by atoms with van der Waals surface area (Å²) in [4.78, 5) is 22.8. The monoisotopic (exact) mass is 465 g/mol. The molecule has 0 aliphatic carbocycles. The summed E-state index contributed by atoms with van der Waals surface area (Å²) >= 11 is 0. The van der Waals surface area contributed by atoms with Crippen LogP contribution in [-0.4, -0.2) is 39.7 Å². The number of Topliss-reactive ketones (excluding diaryl/α,β-unsaturated/α-hetero) is 1. The van der Waals surface area contributed by atoms with Gasteiger partial charge in [0.25, 0.3) is 0 Å². The van der Waals surface area contributed by atoms with Crippen molar-refractivity contribution in [2.24, 2.45) is 5.92 Å². The average Bonchev–Trinajstić information content (AvgIpc) is 2.82. The van der Waals surface area contributed by atoms with Gasteiger partial charge in [-0.25, -0.2) is 4.39 Å². The first-order valence-electron chi connectivity index (χ1n) is 11.2. The van der Waals surface area contributed by atoms with E-state index in [2.05, 4.69) is 29.4 Å². The van der Waals surface area contributed by atoms with Crippen LogP contribution in [0.2, 0.25) is 0 Å². The second kappa shape index (κ2) is 11.9. The lowest BCUT2D eigenvalue weighted by atomic mass is 10.0. The number of carboxylic acid groups (broad SMARTS) is 1. The molecule has 34 heavy (non-hydrogen) atoms. The summed E-state index contributed by atoms with van der Waals surface area (Å²) in [5.41, 5.74) is 2.81. The van der Waals surface area contributed by atoms with E-state index >= 15 is 0 Å². The number of halogens is 1. The van der Waals surface area contributed by atoms with Gasteiger partial charge in [-0.3, -0.25) is 9.59 Å². The quantitative estimate of drug-likeness (QED) is 0.353. The van der Waals surface area contributed by atoms with Crippen molar-refractivity contribution in [2.45, 2.75) is 39.2 Å². The molecule has 7 nitrogen and oxygen atoms in total. The Morgan fingerprint density at radius 1 is 0.971 bits per heavy atom. The van der Waals surface area contributed by atoms with Gasteiger partial charge in [-0.1, -0.05) is 13.8 Å². The van der Waals surface area contributed by atoms with Gasteiger partial charge < -0.3 is 15.2 Å². The summed E-state index contributed by atoms with van der Waals surface area (Å²) in [5.74, 6) is -0.631. The lowest BCUT2D eigenvalue weighted by molar-refractivity contribution is -0.137. The summed E-state index contributed by atoms with van der Waals surface area (Å²) in [5, 5.41) is 20.4. The average molecular weight is 466 g/mol. The second-order valence-corrected chi connectivity index (χ2v) is 8.32. The van der Waals surface area contributed by atoms with Crippen molar-refractivity contribution in [3.8, 4) is 17.1 Å². The lowest BCUT2D eigenvalue weighted by Gasteiger charge is -2.23. The minimum Gasteiger partial charge on any atom is -0.481 e. The number of ketones is 1. The fraction of sp³-hybridized carbons (Fsp3) is 0.308. The molecule has 0 amide bonds. The number of nitrogens with one attached hydrogen (secondary N) is 1. The molecule has 3 aromatic rings. The molecule has 0 fully saturated rings. The highest BCUT2D eigenvalue weighted by Gasteiger charge is 2.15. The Kier molecular flexibility index (Phi) is 8.67. The second-order valence-electron chi connectivity index (χ2n) is 8.32. The third-order valence-electron chi connectivity index (χ3n) is 5.35. The maximum atomic E-state index is 13.1. The van der Waals surface area contributed by atoms with Gasteiger partial charge in [0.05, 0.1) is 11.7 Å². The van der Waals surface area contributed by atoms with Crippen LogP contribution in [0, 0.1) is 11.7 Å². The van der Waals surface area contributed by atoms with Crippen LogP contribution in [0.4, 0.5) is 10.1 Å². The number of carboxylic acids is 1. The van der Waals surface area contributed by atoms with Crippen molar-refractivity contribution in [3.63, 3.8) is 0 Å². The van der Waals surface area contributed by atoms with E-state index in [-0.39, 0.29) is 36.4 Å². The molecule has 0 radical (unpaired) electrons. The molecule has 0 spiro atoms. The van der Waals surface area contributed by atoms with Crippen molar-refractivity contribution in [1.82, 2.24) is 10.2 Å². The van der Waals surface area contributed by atoms with E-state index in [1.54, 1.807) is 36.4 Å². The Balaban J connectivity index is 1.54. The maximum Gasteiger partial charge on any atom is 0.303 e. The predicted molar refractivity (Wildman–Crippen MR) is 127 cm³/mol. The largest absolute Gasteiger partial charge is 0.481 e. The van der Waals surface area contributed by atoms with E-state index < -0.39 is 5.97 Å². The van der Waals surface area contributed by atoms with Crippen LogP contribution in [0.25, 0.3) is 11.3 Å². The molecular weight excluding hydrogens is 437 g/mol. The number of hydrogen-bond acceptors (Lipinski definition) is 6. The normalized spacial score (nSPS) is 11.8. The smallest absolute Gasteiger partial charge is 0.303 e. The highest BCUT2D eigenvalue weighted by Crippen LogP contribution is 2.20. The third-order valence-corrected chi connectivity index (χ3v) is 5.35. The van der Waals surface area contributed by atoms with Gasteiger partial charge in [0.2, 0.25) is 5.88 Å². The number of anilines is 1. The predicted octanol–water partition coefficient (Wildman–Crippen LogP) is 5.24. The fourth-order valence-corrected chi connectivity index (χ4v) is 3.26. The minimum absolute atomic E-state index is 0.0131. The van der Waals surface area contributed by atoms with E-state index in [4.69, 9.17) is 9.84 Å². The molecule has 0 aliphatic heterocycles. The van der Waals surface area contributed by atoms with Crippen LogP contribution in [-0.2, 0) is 4.79 Å². The molecule has 2 aromatic carbocycles. The number of aliphatic carboxylic acids is 1. The highest BCUT2D eigenvalue weighted by atomic mass is 19.1. The molecule has 1 heterocycles.